The second kappa shape index (κ2) is 9.44. The molecule has 1 rings (SSSR count). The van der Waals surface area contributed by atoms with Gasteiger partial charge in [0.05, 0.1) is 25.5 Å². The normalized spacial score (nSPS) is 11.5. The summed E-state index contributed by atoms with van der Waals surface area (Å²) in [5.41, 5.74) is 6.21. The molecule has 0 saturated heterocycles. The molecule has 1 amide bonds. The minimum atomic E-state index is -0.738. The standard InChI is InChI=1S/C14H22N2O4.ClH/c1-9(2)20-13-6-5-10(19-4)7-12(13)16-14(17)11(15)8-18-3;/h5-7,9,11H,8,15H2,1-4H3,(H,16,17);1H. The number of anilines is 1. The Kier molecular flexibility index (Phi) is 8.76. The number of nitrogens with two attached hydrogens (primary N) is 1. The van der Waals surface area contributed by atoms with Crippen LogP contribution in [0.25, 0.3) is 0 Å². The number of benzene rings is 1. The molecule has 6 nitrogen and oxygen atoms in total. The predicted octanol–water partition coefficient (Wildman–Crippen LogP) is 1.82. The minimum Gasteiger partial charge on any atom is -0.497 e. The number of ether oxygens (including phenoxy) is 3. The molecule has 0 bridgehead atoms. The van der Waals surface area contributed by atoms with E-state index >= 15 is 0 Å². The zero-order valence-corrected chi connectivity index (χ0v) is 13.5. The molecular weight excluding hydrogens is 296 g/mol. The number of halogens is 1. The van der Waals surface area contributed by atoms with Crippen LogP contribution in [0.5, 0.6) is 11.5 Å². The number of methoxy groups -OCH3 is 2. The quantitative estimate of drug-likeness (QED) is 0.801. The molecular formula is C14H23ClN2O4. The summed E-state index contributed by atoms with van der Waals surface area (Å²) in [6.45, 7) is 3.97. The molecule has 0 heterocycles. The first kappa shape index (κ1) is 19.5. The summed E-state index contributed by atoms with van der Waals surface area (Å²) < 4.78 is 15.6. The van der Waals surface area contributed by atoms with Crippen LogP contribution in [-0.2, 0) is 9.53 Å². The third kappa shape index (κ3) is 6.20. The highest BCUT2D eigenvalue weighted by atomic mass is 35.5. The average molecular weight is 319 g/mol. The third-order valence-electron chi connectivity index (χ3n) is 2.49. The van der Waals surface area contributed by atoms with Crippen LogP contribution < -0.4 is 20.5 Å². The van der Waals surface area contributed by atoms with Crippen molar-refractivity contribution >= 4 is 24.0 Å². The van der Waals surface area contributed by atoms with E-state index in [0.29, 0.717) is 17.2 Å². The highest BCUT2D eigenvalue weighted by Crippen LogP contribution is 2.30. The van der Waals surface area contributed by atoms with Gasteiger partial charge in [0, 0.05) is 13.2 Å². The van der Waals surface area contributed by atoms with E-state index in [1.54, 1.807) is 25.3 Å². The fourth-order valence-corrected chi connectivity index (χ4v) is 1.57. The lowest BCUT2D eigenvalue weighted by Crippen LogP contribution is -2.39. The Morgan fingerprint density at radius 2 is 2.00 bits per heavy atom. The molecule has 0 spiro atoms. The van der Waals surface area contributed by atoms with E-state index in [4.69, 9.17) is 19.9 Å². The van der Waals surface area contributed by atoms with Crippen molar-refractivity contribution in [3.05, 3.63) is 18.2 Å². The first-order valence-electron chi connectivity index (χ1n) is 6.38. The summed E-state index contributed by atoms with van der Waals surface area (Å²) in [4.78, 5) is 11.9. The van der Waals surface area contributed by atoms with E-state index in [1.165, 1.54) is 7.11 Å². The zero-order chi connectivity index (χ0) is 15.1. The summed E-state index contributed by atoms with van der Waals surface area (Å²) >= 11 is 0. The molecule has 1 aromatic carbocycles. The summed E-state index contributed by atoms with van der Waals surface area (Å²) in [6, 6.07) is 4.46. The molecule has 0 aliphatic rings. The molecule has 0 fully saturated rings. The van der Waals surface area contributed by atoms with Crippen molar-refractivity contribution in [2.24, 2.45) is 5.73 Å². The van der Waals surface area contributed by atoms with Gasteiger partial charge in [-0.25, -0.2) is 0 Å². The van der Waals surface area contributed by atoms with Gasteiger partial charge in [0.25, 0.3) is 0 Å². The fourth-order valence-electron chi connectivity index (χ4n) is 1.57. The van der Waals surface area contributed by atoms with Crippen LogP contribution in [0.15, 0.2) is 18.2 Å². The first-order valence-corrected chi connectivity index (χ1v) is 6.38. The Morgan fingerprint density at radius 3 is 2.52 bits per heavy atom. The predicted molar refractivity (Wildman–Crippen MR) is 84.5 cm³/mol. The van der Waals surface area contributed by atoms with Crippen LogP contribution >= 0.6 is 12.4 Å². The van der Waals surface area contributed by atoms with Gasteiger partial charge in [-0.2, -0.15) is 0 Å². The second-order valence-corrected chi connectivity index (χ2v) is 4.58. The molecule has 7 heteroatoms. The van der Waals surface area contributed by atoms with Gasteiger partial charge in [-0.1, -0.05) is 0 Å². The molecule has 0 saturated carbocycles. The lowest BCUT2D eigenvalue weighted by Gasteiger charge is -2.17. The van der Waals surface area contributed by atoms with Crippen molar-refractivity contribution in [3.63, 3.8) is 0 Å². The van der Waals surface area contributed by atoms with Crippen molar-refractivity contribution in [1.29, 1.82) is 0 Å². The Morgan fingerprint density at radius 1 is 1.33 bits per heavy atom. The topological polar surface area (TPSA) is 82.8 Å². The zero-order valence-electron chi connectivity index (χ0n) is 12.7. The summed E-state index contributed by atoms with van der Waals surface area (Å²) in [7, 11) is 3.05. The van der Waals surface area contributed by atoms with E-state index in [-0.39, 0.29) is 31.0 Å². The Bertz CT molecular complexity index is 455. The summed E-state index contributed by atoms with van der Waals surface area (Å²) in [5, 5.41) is 2.73. The van der Waals surface area contributed by atoms with Gasteiger partial charge in [-0.15, -0.1) is 12.4 Å². The fraction of sp³-hybridized carbons (Fsp3) is 0.500. The molecule has 0 aromatic heterocycles. The largest absolute Gasteiger partial charge is 0.497 e. The maximum absolute atomic E-state index is 11.9. The van der Waals surface area contributed by atoms with Gasteiger partial charge in [-0.3, -0.25) is 4.79 Å². The minimum absolute atomic E-state index is 0. The highest BCUT2D eigenvalue weighted by molar-refractivity contribution is 5.96. The lowest BCUT2D eigenvalue weighted by atomic mass is 10.2. The number of nitrogens with one attached hydrogen (secondary N) is 1. The molecule has 1 unspecified atom stereocenters. The van der Waals surface area contributed by atoms with Gasteiger partial charge in [-0.05, 0) is 26.0 Å². The highest BCUT2D eigenvalue weighted by Gasteiger charge is 2.16. The number of carbonyl (C=O) groups is 1. The Balaban J connectivity index is 0.00000400. The van der Waals surface area contributed by atoms with Gasteiger partial charge in [0.2, 0.25) is 5.91 Å². The van der Waals surface area contributed by atoms with Crippen molar-refractivity contribution in [2.45, 2.75) is 26.0 Å². The number of rotatable bonds is 7. The molecule has 1 aromatic rings. The van der Waals surface area contributed by atoms with Crippen LogP contribution in [0.1, 0.15) is 13.8 Å². The van der Waals surface area contributed by atoms with E-state index in [2.05, 4.69) is 5.32 Å². The Hall–Kier alpha value is -1.50. The molecule has 1 atom stereocenters. The monoisotopic (exact) mass is 318 g/mol. The van der Waals surface area contributed by atoms with Gasteiger partial charge < -0.3 is 25.3 Å². The van der Waals surface area contributed by atoms with E-state index in [9.17, 15) is 4.79 Å². The van der Waals surface area contributed by atoms with Crippen LogP contribution in [0, 0.1) is 0 Å². The number of hydrogen-bond acceptors (Lipinski definition) is 5. The molecule has 120 valence electrons. The summed E-state index contributed by atoms with van der Waals surface area (Å²) in [5.74, 6) is 0.851. The van der Waals surface area contributed by atoms with Crippen molar-refractivity contribution in [3.8, 4) is 11.5 Å². The first-order chi connectivity index (χ1) is 9.47. The van der Waals surface area contributed by atoms with Gasteiger partial charge in [0.15, 0.2) is 0 Å². The van der Waals surface area contributed by atoms with Crippen LogP contribution in [0.2, 0.25) is 0 Å². The Labute approximate surface area is 131 Å². The smallest absolute Gasteiger partial charge is 0.243 e. The average Bonchev–Trinajstić information content (AvgIpc) is 2.40. The number of carbonyl (C=O) groups excluding carboxylic acids is 1. The number of amides is 1. The van der Waals surface area contributed by atoms with Crippen LogP contribution in [0.4, 0.5) is 5.69 Å². The molecule has 0 aliphatic heterocycles. The summed E-state index contributed by atoms with van der Waals surface area (Å²) in [6.07, 6.45) is -0.00769. The van der Waals surface area contributed by atoms with Gasteiger partial charge >= 0.3 is 0 Å². The maximum atomic E-state index is 11.9. The van der Waals surface area contributed by atoms with Crippen LogP contribution in [0.3, 0.4) is 0 Å². The molecule has 0 radical (unpaired) electrons. The van der Waals surface area contributed by atoms with Crippen LogP contribution in [-0.4, -0.2) is 38.9 Å². The second-order valence-electron chi connectivity index (χ2n) is 4.58. The van der Waals surface area contributed by atoms with E-state index < -0.39 is 6.04 Å². The third-order valence-corrected chi connectivity index (χ3v) is 2.49. The lowest BCUT2D eigenvalue weighted by molar-refractivity contribution is -0.118. The van der Waals surface area contributed by atoms with E-state index in [0.717, 1.165) is 0 Å². The molecule has 21 heavy (non-hydrogen) atoms. The van der Waals surface area contributed by atoms with Crippen molar-refractivity contribution in [2.75, 3.05) is 26.1 Å². The van der Waals surface area contributed by atoms with Crippen molar-refractivity contribution < 1.29 is 19.0 Å². The van der Waals surface area contributed by atoms with E-state index in [1.807, 2.05) is 13.8 Å². The molecule has 3 N–H and O–H groups in total. The van der Waals surface area contributed by atoms with Gasteiger partial charge in [0.1, 0.15) is 17.5 Å². The SMILES string of the molecule is COCC(N)C(=O)Nc1cc(OC)ccc1OC(C)C.Cl. The van der Waals surface area contributed by atoms with Crippen molar-refractivity contribution in [1.82, 2.24) is 0 Å². The number of hydrogen-bond donors (Lipinski definition) is 2. The maximum Gasteiger partial charge on any atom is 0.243 e. The molecule has 0 aliphatic carbocycles.